The molecule has 0 radical (unpaired) electrons. The molecule has 0 spiro atoms. The first-order chi connectivity index (χ1) is 10.9. The van der Waals surface area contributed by atoms with Gasteiger partial charge in [-0.05, 0) is 30.5 Å². The summed E-state index contributed by atoms with van der Waals surface area (Å²) in [6, 6.07) is 8.84. The molecule has 1 aromatic heterocycles. The fourth-order valence-electron chi connectivity index (χ4n) is 3.07. The third-order valence-electron chi connectivity index (χ3n) is 4.17. The van der Waals surface area contributed by atoms with Crippen LogP contribution < -0.4 is 0 Å². The summed E-state index contributed by atoms with van der Waals surface area (Å²) in [5.74, 6) is -1.45. The maximum Gasteiger partial charge on any atom is 0.308 e. The van der Waals surface area contributed by atoms with E-state index in [0.29, 0.717) is 29.2 Å². The molecule has 2 aromatic rings. The van der Waals surface area contributed by atoms with E-state index in [1.165, 1.54) is 0 Å². The van der Waals surface area contributed by atoms with Crippen molar-refractivity contribution < 1.29 is 14.7 Å². The number of amides is 1. The molecule has 1 amide bonds. The van der Waals surface area contributed by atoms with Gasteiger partial charge in [0.05, 0.1) is 11.4 Å². The Morgan fingerprint density at radius 3 is 2.74 bits per heavy atom. The molecule has 2 unspecified atom stereocenters. The van der Waals surface area contributed by atoms with E-state index in [1.54, 1.807) is 23.1 Å². The second-order valence-electron chi connectivity index (χ2n) is 6.12. The molecule has 0 bridgehead atoms. The lowest BCUT2D eigenvalue weighted by atomic mass is 9.90. The number of piperidine rings is 1. The van der Waals surface area contributed by atoms with E-state index in [4.69, 9.17) is 11.6 Å². The first-order valence-electron chi connectivity index (χ1n) is 7.52. The molecule has 23 heavy (non-hydrogen) atoms. The Balaban J connectivity index is 1.88. The number of aliphatic carboxylic acids is 1. The first kappa shape index (κ1) is 15.7. The molecule has 2 heterocycles. The predicted molar refractivity (Wildman–Crippen MR) is 87.6 cm³/mol. The van der Waals surface area contributed by atoms with Crippen LogP contribution in [0.2, 0.25) is 5.02 Å². The maximum atomic E-state index is 12.7. The van der Waals surface area contributed by atoms with Crippen LogP contribution in [-0.2, 0) is 4.79 Å². The highest BCUT2D eigenvalue weighted by Gasteiger charge is 2.32. The van der Waals surface area contributed by atoms with Crippen LogP contribution in [0.1, 0.15) is 23.8 Å². The topological polar surface area (TPSA) is 70.5 Å². The fourth-order valence-corrected chi connectivity index (χ4v) is 3.23. The Bertz CT molecular complexity index is 778. The molecule has 1 aliphatic rings. The van der Waals surface area contributed by atoms with E-state index in [0.717, 1.165) is 5.39 Å². The summed E-state index contributed by atoms with van der Waals surface area (Å²) >= 11 is 5.97. The molecule has 1 N–H and O–H groups in total. The Morgan fingerprint density at radius 2 is 2.00 bits per heavy atom. The molecule has 0 aliphatic carbocycles. The average molecular weight is 333 g/mol. The molecule has 1 saturated heterocycles. The van der Waals surface area contributed by atoms with Crippen molar-refractivity contribution in [3.05, 3.63) is 41.0 Å². The van der Waals surface area contributed by atoms with Gasteiger partial charge in [-0.1, -0.05) is 30.7 Å². The Labute approximate surface area is 138 Å². The first-order valence-corrected chi connectivity index (χ1v) is 7.90. The minimum Gasteiger partial charge on any atom is -0.481 e. The van der Waals surface area contributed by atoms with Crippen LogP contribution >= 0.6 is 11.6 Å². The number of carbonyl (C=O) groups is 2. The second kappa shape index (κ2) is 6.16. The number of rotatable bonds is 2. The number of carboxylic acids is 1. The lowest BCUT2D eigenvalue weighted by Gasteiger charge is -2.34. The zero-order chi connectivity index (χ0) is 16.6. The normalized spacial score (nSPS) is 21.4. The number of fused-ring (bicyclic) bond motifs is 1. The molecular weight excluding hydrogens is 316 g/mol. The summed E-state index contributed by atoms with van der Waals surface area (Å²) in [4.78, 5) is 29.9. The van der Waals surface area contributed by atoms with Crippen molar-refractivity contribution in [1.82, 2.24) is 9.88 Å². The summed E-state index contributed by atoms with van der Waals surface area (Å²) in [5, 5.41) is 10.7. The van der Waals surface area contributed by atoms with Gasteiger partial charge < -0.3 is 10.0 Å². The van der Waals surface area contributed by atoms with E-state index in [1.807, 2.05) is 19.1 Å². The molecule has 120 valence electrons. The Morgan fingerprint density at radius 1 is 1.26 bits per heavy atom. The molecule has 6 heteroatoms. The van der Waals surface area contributed by atoms with E-state index < -0.39 is 11.9 Å². The minimum atomic E-state index is -0.854. The zero-order valence-electron chi connectivity index (χ0n) is 12.7. The van der Waals surface area contributed by atoms with Crippen molar-refractivity contribution in [3.63, 3.8) is 0 Å². The summed E-state index contributed by atoms with van der Waals surface area (Å²) in [5.41, 5.74) is 0.973. The number of carboxylic acid groups (broad SMARTS) is 1. The summed E-state index contributed by atoms with van der Waals surface area (Å²) in [7, 11) is 0. The van der Waals surface area contributed by atoms with Crippen LogP contribution in [0, 0.1) is 11.8 Å². The van der Waals surface area contributed by atoms with Crippen molar-refractivity contribution in [2.75, 3.05) is 13.1 Å². The molecule has 5 nitrogen and oxygen atoms in total. The second-order valence-corrected chi connectivity index (χ2v) is 6.56. The lowest BCUT2D eigenvalue weighted by molar-refractivity contribution is -0.143. The van der Waals surface area contributed by atoms with E-state index in [2.05, 4.69) is 4.98 Å². The quantitative estimate of drug-likeness (QED) is 0.917. The van der Waals surface area contributed by atoms with Crippen LogP contribution in [0.15, 0.2) is 30.3 Å². The third kappa shape index (κ3) is 3.29. The Kier molecular flexibility index (Phi) is 4.22. The SMILES string of the molecule is CC1CC(C(=O)O)CN(C(=O)c2ccc3ccc(Cl)cc3n2)C1. The van der Waals surface area contributed by atoms with Crippen molar-refractivity contribution in [3.8, 4) is 0 Å². The predicted octanol–water partition coefficient (Wildman–Crippen LogP) is 3.07. The number of halogens is 1. The number of aromatic nitrogens is 1. The summed E-state index contributed by atoms with van der Waals surface area (Å²) < 4.78 is 0. The number of likely N-dealkylation sites (tertiary alicyclic amines) is 1. The summed E-state index contributed by atoms with van der Waals surface area (Å²) in [6.45, 7) is 2.74. The third-order valence-corrected chi connectivity index (χ3v) is 4.40. The smallest absolute Gasteiger partial charge is 0.308 e. The molecule has 0 saturated carbocycles. The standard InChI is InChI=1S/C17H17ClN2O3/c1-10-6-12(17(22)23)9-20(8-10)16(21)14-5-3-11-2-4-13(18)7-15(11)19-14/h2-5,7,10,12H,6,8-9H2,1H3,(H,22,23). The molecule has 2 atom stereocenters. The molecular formula is C17H17ClN2O3. The van der Waals surface area contributed by atoms with Crippen LogP contribution in [0.3, 0.4) is 0 Å². The highest BCUT2D eigenvalue weighted by Crippen LogP contribution is 2.24. The van der Waals surface area contributed by atoms with Crippen LogP contribution in [0.5, 0.6) is 0 Å². The van der Waals surface area contributed by atoms with Gasteiger partial charge in [-0.2, -0.15) is 0 Å². The fraction of sp³-hybridized carbons (Fsp3) is 0.353. The van der Waals surface area contributed by atoms with Gasteiger partial charge in [-0.3, -0.25) is 9.59 Å². The van der Waals surface area contributed by atoms with E-state index in [9.17, 15) is 14.7 Å². The van der Waals surface area contributed by atoms with Gasteiger partial charge in [0, 0.05) is 23.5 Å². The maximum absolute atomic E-state index is 12.7. The molecule has 1 fully saturated rings. The average Bonchev–Trinajstić information content (AvgIpc) is 2.52. The van der Waals surface area contributed by atoms with Crippen molar-refractivity contribution in [1.29, 1.82) is 0 Å². The highest BCUT2D eigenvalue weighted by atomic mass is 35.5. The number of carbonyl (C=O) groups excluding carboxylic acids is 1. The number of hydrogen-bond donors (Lipinski definition) is 1. The summed E-state index contributed by atoms with van der Waals surface area (Å²) in [6.07, 6.45) is 0.597. The number of nitrogens with zero attached hydrogens (tertiary/aromatic N) is 2. The van der Waals surface area contributed by atoms with Gasteiger partial charge >= 0.3 is 5.97 Å². The van der Waals surface area contributed by atoms with Gasteiger partial charge in [0.1, 0.15) is 5.69 Å². The minimum absolute atomic E-state index is 0.156. The van der Waals surface area contributed by atoms with Gasteiger partial charge in [0.2, 0.25) is 0 Å². The lowest BCUT2D eigenvalue weighted by Crippen LogP contribution is -2.45. The van der Waals surface area contributed by atoms with Gasteiger partial charge in [-0.15, -0.1) is 0 Å². The number of benzene rings is 1. The van der Waals surface area contributed by atoms with Crippen LogP contribution in [0.25, 0.3) is 10.9 Å². The molecule has 1 aromatic carbocycles. The van der Waals surface area contributed by atoms with Gasteiger partial charge in [-0.25, -0.2) is 4.98 Å². The highest BCUT2D eigenvalue weighted by molar-refractivity contribution is 6.31. The van der Waals surface area contributed by atoms with E-state index in [-0.39, 0.29) is 18.4 Å². The van der Waals surface area contributed by atoms with Gasteiger partial charge in [0.15, 0.2) is 0 Å². The molecule has 3 rings (SSSR count). The van der Waals surface area contributed by atoms with Crippen molar-refractivity contribution >= 4 is 34.4 Å². The van der Waals surface area contributed by atoms with Gasteiger partial charge in [0.25, 0.3) is 5.91 Å². The number of hydrogen-bond acceptors (Lipinski definition) is 3. The van der Waals surface area contributed by atoms with Crippen molar-refractivity contribution in [2.45, 2.75) is 13.3 Å². The number of pyridine rings is 1. The monoisotopic (exact) mass is 332 g/mol. The van der Waals surface area contributed by atoms with Crippen LogP contribution in [0.4, 0.5) is 0 Å². The van der Waals surface area contributed by atoms with Crippen molar-refractivity contribution in [2.24, 2.45) is 11.8 Å². The van der Waals surface area contributed by atoms with Crippen LogP contribution in [-0.4, -0.2) is 40.0 Å². The van der Waals surface area contributed by atoms with E-state index >= 15 is 0 Å². The largest absolute Gasteiger partial charge is 0.481 e. The Hall–Kier alpha value is -2.14. The molecule has 1 aliphatic heterocycles. The zero-order valence-corrected chi connectivity index (χ0v) is 13.5.